The lowest BCUT2D eigenvalue weighted by atomic mass is 9.99. The fourth-order valence-electron chi connectivity index (χ4n) is 2.19. The van der Waals surface area contributed by atoms with E-state index in [-0.39, 0.29) is 11.9 Å². The number of benzene rings is 1. The summed E-state index contributed by atoms with van der Waals surface area (Å²) in [5.41, 5.74) is 2.41. The van der Waals surface area contributed by atoms with Crippen LogP contribution < -0.4 is 5.32 Å². The van der Waals surface area contributed by atoms with E-state index in [0.717, 1.165) is 24.9 Å². The molecule has 19 heavy (non-hydrogen) atoms. The van der Waals surface area contributed by atoms with Crippen molar-refractivity contribution in [2.75, 3.05) is 6.54 Å². The highest BCUT2D eigenvalue weighted by atomic mass is 19.1. The van der Waals surface area contributed by atoms with Gasteiger partial charge in [0.05, 0.1) is 0 Å². The van der Waals surface area contributed by atoms with E-state index in [9.17, 15) is 4.39 Å². The average Bonchev–Trinajstić information content (AvgIpc) is 2.46. The number of pyridine rings is 1. The highest BCUT2D eigenvalue weighted by molar-refractivity contribution is 5.20. The van der Waals surface area contributed by atoms with E-state index in [1.165, 1.54) is 17.7 Å². The Balaban J connectivity index is 2.02. The number of hydrogen-bond donors (Lipinski definition) is 1. The Kier molecular flexibility index (Phi) is 5.04. The third-order valence-electron chi connectivity index (χ3n) is 3.19. The van der Waals surface area contributed by atoms with Crippen molar-refractivity contribution in [3.05, 3.63) is 65.7 Å². The predicted molar refractivity (Wildman–Crippen MR) is 75.4 cm³/mol. The van der Waals surface area contributed by atoms with Crippen LogP contribution in [0.4, 0.5) is 4.39 Å². The lowest BCUT2D eigenvalue weighted by Crippen LogP contribution is -2.21. The third kappa shape index (κ3) is 4.14. The molecule has 0 aliphatic rings. The van der Waals surface area contributed by atoms with Crippen molar-refractivity contribution in [2.24, 2.45) is 0 Å². The van der Waals surface area contributed by atoms with Crippen LogP contribution in [0.15, 0.2) is 48.8 Å². The lowest BCUT2D eigenvalue weighted by molar-refractivity contribution is 0.514. The molecule has 2 nitrogen and oxygen atoms in total. The van der Waals surface area contributed by atoms with E-state index < -0.39 is 0 Å². The Hall–Kier alpha value is -1.74. The summed E-state index contributed by atoms with van der Waals surface area (Å²) in [4.78, 5) is 4.02. The van der Waals surface area contributed by atoms with Crippen LogP contribution >= 0.6 is 0 Å². The second kappa shape index (κ2) is 7.00. The van der Waals surface area contributed by atoms with Crippen molar-refractivity contribution in [1.29, 1.82) is 0 Å². The number of rotatable bonds is 6. The topological polar surface area (TPSA) is 24.9 Å². The molecule has 1 aromatic carbocycles. The van der Waals surface area contributed by atoms with Gasteiger partial charge in [0.1, 0.15) is 5.82 Å². The van der Waals surface area contributed by atoms with Crippen LogP contribution in [0.25, 0.3) is 0 Å². The minimum absolute atomic E-state index is 0.187. The maximum Gasteiger partial charge on any atom is 0.123 e. The molecule has 0 spiro atoms. The highest BCUT2D eigenvalue weighted by Crippen LogP contribution is 2.19. The molecule has 1 N–H and O–H groups in total. The lowest BCUT2D eigenvalue weighted by Gasteiger charge is -2.18. The maximum absolute atomic E-state index is 13.0. The Morgan fingerprint density at radius 1 is 1.11 bits per heavy atom. The molecule has 2 aromatic rings. The zero-order chi connectivity index (χ0) is 13.5. The summed E-state index contributed by atoms with van der Waals surface area (Å²) in [6.07, 6.45) is 5.60. The van der Waals surface area contributed by atoms with Gasteiger partial charge in [-0.2, -0.15) is 0 Å². The standard InChI is InChI=1S/C16H19FN2/c1-2-19-16(14-4-6-15(17)7-5-14)8-3-13-9-11-18-12-10-13/h4-7,9-12,16,19H,2-3,8H2,1H3. The molecule has 1 heterocycles. The normalized spacial score (nSPS) is 12.3. The van der Waals surface area contributed by atoms with Crippen LogP contribution in [0.1, 0.15) is 30.5 Å². The maximum atomic E-state index is 13.0. The van der Waals surface area contributed by atoms with Crippen molar-refractivity contribution >= 4 is 0 Å². The number of halogens is 1. The number of aromatic nitrogens is 1. The number of aryl methyl sites for hydroxylation is 1. The minimum Gasteiger partial charge on any atom is -0.310 e. The van der Waals surface area contributed by atoms with Gasteiger partial charge < -0.3 is 5.32 Å². The van der Waals surface area contributed by atoms with Crippen molar-refractivity contribution in [2.45, 2.75) is 25.8 Å². The van der Waals surface area contributed by atoms with E-state index in [0.29, 0.717) is 0 Å². The van der Waals surface area contributed by atoms with Crippen LogP contribution in [0, 0.1) is 5.82 Å². The first-order valence-corrected chi connectivity index (χ1v) is 6.67. The Morgan fingerprint density at radius 3 is 2.42 bits per heavy atom. The van der Waals surface area contributed by atoms with Gasteiger partial charge in [-0.05, 0) is 54.8 Å². The smallest absolute Gasteiger partial charge is 0.123 e. The van der Waals surface area contributed by atoms with Gasteiger partial charge in [-0.1, -0.05) is 19.1 Å². The molecule has 0 aliphatic carbocycles. The van der Waals surface area contributed by atoms with Crippen LogP contribution in [-0.4, -0.2) is 11.5 Å². The van der Waals surface area contributed by atoms with Crippen LogP contribution in [-0.2, 0) is 6.42 Å². The number of nitrogens with zero attached hydrogens (tertiary/aromatic N) is 1. The van der Waals surface area contributed by atoms with Gasteiger partial charge in [-0.25, -0.2) is 4.39 Å². The Bertz CT molecular complexity index is 482. The van der Waals surface area contributed by atoms with Gasteiger partial charge >= 0.3 is 0 Å². The Morgan fingerprint density at radius 2 is 1.79 bits per heavy atom. The van der Waals surface area contributed by atoms with Gasteiger partial charge in [-0.3, -0.25) is 4.98 Å². The van der Waals surface area contributed by atoms with E-state index in [4.69, 9.17) is 0 Å². The molecule has 0 bridgehead atoms. The third-order valence-corrected chi connectivity index (χ3v) is 3.19. The largest absolute Gasteiger partial charge is 0.310 e. The molecule has 1 atom stereocenters. The summed E-state index contributed by atoms with van der Waals surface area (Å²) in [7, 11) is 0. The van der Waals surface area contributed by atoms with E-state index in [1.54, 1.807) is 0 Å². The van der Waals surface area contributed by atoms with Crippen LogP contribution in [0.5, 0.6) is 0 Å². The summed E-state index contributed by atoms with van der Waals surface area (Å²) in [6.45, 7) is 2.99. The van der Waals surface area contributed by atoms with Crippen LogP contribution in [0.2, 0.25) is 0 Å². The van der Waals surface area contributed by atoms with Crippen molar-refractivity contribution < 1.29 is 4.39 Å². The average molecular weight is 258 g/mol. The molecule has 2 rings (SSSR count). The summed E-state index contributed by atoms with van der Waals surface area (Å²) >= 11 is 0. The molecule has 1 aromatic heterocycles. The summed E-state index contributed by atoms with van der Waals surface area (Å²) < 4.78 is 13.0. The molecule has 0 aliphatic heterocycles. The van der Waals surface area contributed by atoms with Crippen LogP contribution in [0.3, 0.4) is 0 Å². The molecule has 0 amide bonds. The van der Waals surface area contributed by atoms with Crippen molar-refractivity contribution in [1.82, 2.24) is 10.3 Å². The van der Waals surface area contributed by atoms with Gasteiger partial charge in [0.15, 0.2) is 0 Å². The number of hydrogen-bond acceptors (Lipinski definition) is 2. The molecule has 0 fully saturated rings. The molecule has 0 saturated carbocycles. The SMILES string of the molecule is CCNC(CCc1ccncc1)c1ccc(F)cc1. The zero-order valence-corrected chi connectivity index (χ0v) is 11.1. The fourth-order valence-corrected chi connectivity index (χ4v) is 2.19. The second-order valence-corrected chi connectivity index (χ2v) is 4.56. The van der Waals surface area contributed by atoms with Gasteiger partial charge in [0.2, 0.25) is 0 Å². The molecule has 0 saturated heterocycles. The predicted octanol–water partition coefficient (Wildman–Crippen LogP) is 3.50. The summed E-state index contributed by atoms with van der Waals surface area (Å²) in [5, 5.41) is 3.45. The minimum atomic E-state index is -0.187. The van der Waals surface area contributed by atoms with E-state index in [2.05, 4.69) is 17.2 Å². The first-order valence-electron chi connectivity index (χ1n) is 6.67. The number of nitrogens with one attached hydrogen (secondary N) is 1. The first-order chi connectivity index (χ1) is 9.29. The molecule has 0 radical (unpaired) electrons. The van der Waals surface area contributed by atoms with Gasteiger partial charge in [-0.15, -0.1) is 0 Å². The Labute approximate surface area is 113 Å². The van der Waals surface area contributed by atoms with E-state index >= 15 is 0 Å². The first kappa shape index (κ1) is 13.7. The molecule has 100 valence electrons. The summed E-state index contributed by atoms with van der Waals surface area (Å²) in [5.74, 6) is -0.187. The molecule has 3 heteroatoms. The fraction of sp³-hybridized carbons (Fsp3) is 0.312. The monoisotopic (exact) mass is 258 g/mol. The van der Waals surface area contributed by atoms with E-state index in [1.807, 2.05) is 36.7 Å². The molecular weight excluding hydrogens is 239 g/mol. The van der Waals surface area contributed by atoms with Crippen molar-refractivity contribution in [3.8, 4) is 0 Å². The van der Waals surface area contributed by atoms with Gasteiger partial charge in [0, 0.05) is 18.4 Å². The zero-order valence-electron chi connectivity index (χ0n) is 11.1. The highest BCUT2D eigenvalue weighted by Gasteiger charge is 2.10. The van der Waals surface area contributed by atoms with Crippen molar-refractivity contribution in [3.63, 3.8) is 0 Å². The summed E-state index contributed by atoms with van der Waals surface area (Å²) in [6, 6.07) is 11.1. The quantitative estimate of drug-likeness (QED) is 0.857. The molecule has 1 unspecified atom stereocenters. The van der Waals surface area contributed by atoms with Gasteiger partial charge in [0.25, 0.3) is 0 Å². The second-order valence-electron chi connectivity index (χ2n) is 4.56. The molecular formula is C16H19FN2.